The SMILES string of the molecule is C=C(N)c1ccc(CNC(=O)[C@H]2CC(=O)[C@H](CS(=O)(=O)Cc3cccc(C(=O)O)c3)Cc3ccc(cc3)CNC(=O)Cc3cccc(n3)CC(=O)NCc3ccc(cc3)C2)cc1. The average molecular weight is 856 g/mol. The maximum Gasteiger partial charge on any atom is 0.335 e. The Balaban J connectivity index is 1.29. The van der Waals surface area contributed by atoms with Gasteiger partial charge in [-0.3, -0.25) is 24.2 Å². The normalized spacial score (nSPS) is 16.6. The van der Waals surface area contributed by atoms with Gasteiger partial charge in [-0.15, -0.1) is 0 Å². The molecule has 3 aliphatic rings. The van der Waals surface area contributed by atoms with Gasteiger partial charge in [0.2, 0.25) is 17.7 Å². The van der Waals surface area contributed by atoms with Crippen molar-refractivity contribution in [2.75, 3.05) is 5.75 Å². The molecule has 0 saturated heterocycles. The molecule has 1 aromatic heterocycles. The summed E-state index contributed by atoms with van der Waals surface area (Å²) in [5.41, 5.74) is 12.0. The van der Waals surface area contributed by atoms with Crippen LogP contribution >= 0.6 is 0 Å². The molecule has 13 nitrogen and oxygen atoms in total. The van der Waals surface area contributed by atoms with E-state index >= 15 is 0 Å². The highest BCUT2D eigenvalue weighted by Gasteiger charge is 2.31. The standard InChI is InChI=1S/C48H49N5O8S/c1-31(49)38-18-16-36(17-19-38)28-52-47(57)40-20-32-8-12-34(13-9-32)26-50-45(55)24-42-6-3-7-43(53-42)25-46(56)51-27-35-14-10-33(11-15-35)21-41(44(54)23-40)30-62(60,61)29-37-4-2-5-39(22-37)48(58)59/h2-19,22,40-41H,1,20-21,23-30,49H2,(H,50,55)(H,51,56)(H,52,57)(H,58,59)/t40-,41+/m1/s1. The maximum atomic E-state index is 14.5. The lowest BCUT2D eigenvalue weighted by molar-refractivity contribution is -0.130. The van der Waals surface area contributed by atoms with Crippen LogP contribution in [0.1, 0.15) is 67.1 Å². The predicted molar refractivity (Wildman–Crippen MR) is 235 cm³/mol. The van der Waals surface area contributed by atoms with E-state index < -0.39 is 50.8 Å². The van der Waals surface area contributed by atoms with Crippen molar-refractivity contribution in [2.45, 2.75) is 57.5 Å². The Bertz CT molecular complexity index is 2560. The summed E-state index contributed by atoms with van der Waals surface area (Å²) in [5.74, 6) is -5.47. The molecule has 6 bridgehead atoms. The molecule has 0 spiro atoms. The van der Waals surface area contributed by atoms with Gasteiger partial charge in [-0.25, -0.2) is 13.2 Å². The smallest absolute Gasteiger partial charge is 0.335 e. The largest absolute Gasteiger partial charge is 0.478 e. The number of amides is 3. The number of hydrogen-bond acceptors (Lipinski definition) is 9. The van der Waals surface area contributed by atoms with Crippen LogP contribution in [0, 0.1) is 11.8 Å². The number of pyridine rings is 1. The molecule has 8 rings (SSSR count). The number of carbonyl (C=O) groups excluding carboxylic acids is 4. The van der Waals surface area contributed by atoms with E-state index in [9.17, 15) is 37.5 Å². The third-order valence-corrected chi connectivity index (χ3v) is 12.3. The summed E-state index contributed by atoms with van der Waals surface area (Å²) in [5, 5.41) is 18.2. The van der Waals surface area contributed by atoms with E-state index in [2.05, 4.69) is 27.5 Å². The monoisotopic (exact) mass is 855 g/mol. The fraction of sp³-hybridized carbons (Fsp3) is 0.250. The first-order chi connectivity index (χ1) is 29.7. The summed E-state index contributed by atoms with van der Waals surface area (Å²) in [6.07, 6.45) is -0.00782. The number of carbonyl (C=O) groups is 5. The average Bonchev–Trinajstić information content (AvgIpc) is 3.24. The number of Topliss-reactive ketones (excluding diaryl/α,β-unsaturated/α-hetero) is 1. The van der Waals surface area contributed by atoms with Crippen LogP contribution in [0.25, 0.3) is 5.70 Å². The molecule has 14 heteroatoms. The number of aromatic carboxylic acids is 1. The summed E-state index contributed by atoms with van der Waals surface area (Å²) < 4.78 is 27.6. The fourth-order valence-electron chi connectivity index (χ4n) is 7.25. The fourth-order valence-corrected chi connectivity index (χ4v) is 8.98. The zero-order chi connectivity index (χ0) is 44.2. The highest BCUT2D eigenvalue weighted by molar-refractivity contribution is 7.90. The van der Waals surface area contributed by atoms with E-state index in [-0.39, 0.29) is 74.7 Å². The second-order valence-electron chi connectivity index (χ2n) is 15.6. The number of carboxylic acid groups (broad SMARTS) is 1. The lowest BCUT2D eigenvalue weighted by atomic mass is 9.87. The zero-order valence-electron chi connectivity index (χ0n) is 34.1. The van der Waals surface area contributed by atoms with Crippen LogP contribution in [-0.2, 0) is 80.1 Å². The van der Waals surface area contributed by atoms with Crippen molar-refractivity contribution in [3.63, 3.8) is 0 Å². The molecule has 0 unspecified atom stereocenters. The second kappa shape index (κ2) is 20.6. The van der Waals surface area contributed by atoms with Crippen molar-refractivity contribution < 1.29 is 37.5 Å². The number of benzene rings is 4. The molecule has 4 heterocycles. The summed E-state index contributed by atoms with van der Waals surface area (Å²) >= 11 is 0. The van der Waals surface area contributed by atoms with E-state index in [0.717, 1.165) is 27.8 Å². The minimum atomic E-state index is -3.99. The van der Waals surface area contributed by atoms with Gasteiger partial charge >= 0.3 is 5.97 Å². The molecule has 62 heavy (non-hydrogen) atoms. The predicted octanol–water partition coefficient (Wildman–Crippen LogP) is 4.65. The number of nitrogens with zero attached hydrogens (tertiary/aromatic N) is 1. The van der Waals surface area contributed by atoms with Crippen LogP contribution in [-0.4, -0.2) is 53.7 Å². The Morgan fingerprint density at radius 3 is 1.82 bits per heavy atom. The molecular weight excluding hydrogens is 807 g/mol. The number of ketones is 1. The number of nitrogens with two attached hydrogens (primary N) is 1. The molecule has 6 N–H and O–H groups in total. The summed E-state index contributed by atoms with van der Waals surface area (Å²) in [7, 11) is -3.99. The third kappa shape index (κ3) is 13.3. The molecular formula is C48H49N5O8S. The second-order valence-corrected chi connectivity index (χ2v) is 17.7. The Morgan fingerprint density at radius 2 is 1.26 bits per heavy atom. The van der Waals surface area contributed by atoms with Crippen molar-refractivity contribution in [3.05, 3.63) is 178 Å². The number of nitrogens with one attached hydrogen (secondary N) is 3. The van der Waals surface area contributed by atoms with Crippen molar-refractivity contribution in [1.82, 2.24) is 20.9 Å². The molecule has 2 atom stereocenters. The zero-order valence-corrected chi connectivity index (χ0v) is 35.0. The number of sulfone groups is 1. The van der Waals surface area contributed by atoms with Crippen molar-refractivity contribution in [1.29, 1.82) is 0 Å². The highest BCUT2D eigenvalue weighted by atomic mass is 32.2. The van der Waals surface area contributed by atoms with E-state index in [4.69, 9.17) is 5.73 Å². The first kappa shape index (κ1) is 44.6. The van der Waals surface area contributed by atoms with E-state index in [1.54, 1.807) is 54.6 Å². The Labute approximate surface area is 360 Å². The number of rotatable bonds is 9. The summed E-state index contributed by atoms with van der Waals surface area (Å²) in [6.45, 7) is 4.36. The molecule has 0 radical (unpaired) electrons. The molecule has 3 amide bonds. The van der Waals surface area contributed by atoms with Gasteiger partial charge in [0.25, 0.3) is 0 Å². The first-order valence-electron chi connectivity index (χ1n) is 20.2. The highest BCUT2D eigenvalue weighted by Crippen LogP contribution is 2.23. The van der Waals surface area contributed by atoms with Gasteiger partial charge in [0, 0.05) is 55.0 Å². The summed E-state index contributed by atoms with van der Waals surface area (Å²) in [4.78, 5) is 70.4. The maximum absolute atomic E-state index is 14.5. The number of carboxylic acids is 1. The Hall–Kier alpha value is -6.93. The first-order valence-corrected chi connectivity index (χ1v) is 22.0. The Morgan fingerprint density at radius 1 is 0.710 bits per heavy atom. The van der Waals surface area contributed by atoms with Gasteiger partial charge < -0.3 is 26.8 Å². The Kier molecular flexibility index (Phi) is 14.8. The van der Waals surface area contributed by atoms with E-state index in [1.165, 1.54) is 24.3 Å². The van der Waals surface area contributed by atoms with Gasteiger partial charge in [-0.1, -0.05) is 97.6 Å². The van der Waals surface area contributed by atoms with Crippen LogP contribution in [0.5, 0.6) is 0 Å². The number of aromatic nitrogens is 1. The van der Waals surface area contributed by atoms with Gasteiger partial charge in [0.1, 0.15) is 5.78 Å². The van der Waals surface area contributed by atoms with Crippen LogP contribution in [0.2, 0.25) is 0 Å². The van der Waals surface area contributed by atoms with E-state index in [0.29, 0.717) is 22.6 Å². The van der Waals surface area contributed by atoms with Crippen molar-refractivity contribution in [3.8, 4) is 0 Å². The number of hydrogen-bond donors (Lipinski definition) is 5. The summed E-state index contributed by atoms with van der Waals surface area (Å²) in [6, 6.07) is 32.6. The number of fused-ring (bicyclic) bond motifs is 2. The lowest BCUT2D eigenvalue weighted by Crippen LogP contribution is -2.36. The topological polar surface area (TPSA) is 215 Å². The molecule has 0 aliphatic carbocycles. The van der Waals surface area contributed by atoms with Crippen LogP contribution < -0.4 is 21.7 Å². The minimum absolute atomic E-state index is 0.0101. The minimum Gasteiger partial charge on any atom is -0.478 e. The molecule has 320 valence electrons. The van der Waals surface area contributed by atoms with Gasteiger partial charge in [-0.2, -0.15) is 0 Å². The van der Waals surface area contributed by atoms with Gasteiger partial charge in [-0.05, 0) is 76.1 Å². The molecule has 4 aromatic carbocycles. The van der Waals surface area contributed by atoms with Crippen LogP contribution in [0.3, 0.4) is 0 Å². The molecule has 0 saturated carbocycles. The van der Waals surface area contributed by atoms with Crippen molar-refractivity contribution >= 4 is 45.0 Å². The van der Waals surface area contributed by atoms with Gasteiger partial charge in [0.05, 0.1) is 29.9 Å². The third-order valence-electron chi connectivity index (χ3n) is 10.6. The molecule has 5 aromatic rings. The molecule has 0 fully saturated rings. The quantitative estimate of drug-likeness (QED) is 0.138. The molecule has 3 aliphatic heterocycles. The van der Waals surface area contributed by atoms with Crippen LogP contribution in [0.15, 0.2) is 122 Å². The lowest BCUT2D eigenvalue weighted by Gasteiger charge is -2.21. The van der Waals surface area contributed by atoms with Crippen molar-refractivity contribution in [2.24, 2.45) is 17.6 Å². The van der Waals surface area contributed by atoms with E-state index in [1.807, 2.05) is 36.4 Å². The van der Waals surface area contributed by atoms with Crippen LogP contribution in [0.4, 0.5) is 0 Å². The van der Waals surface area contributed by atoms with Gasteiger partial charge in [0.15, 0.2) is 9.84 Å².